The molecule has 1 N–H and O–H groups in total. The van der Waals surface area contributed by atoms with Crippen LogP contribution in [0.25, 0.3) is 0 Å². The number of carbonyl (C=O) groups excluding carboxylic acids is 1. The Bertz CT molecular complexity index is 642. The van der Waals surface area contributed by atoms with Crippen molar-refractivity contribution in [1.29, 1.82) is 0 Å². The Labute approximate surface area is 146 Å². The zero-order valence-corrected chi connectivity index (χ0v) is 14.8. The minimum absolute atomic E-state index is 0.00225. The minimum atomic E-state index is -0.507. The number of ether oxygens (including phenoxy) is 1. The second-order valence-corrected chi connectivity index (χ2v) is 7.74. The van der Waals surface area contributed by atoms with Crippen LogP contribution >= 0.6 is 0 Å². The van der Waals surface area contributed by atoms with Crippen molar-refractivity contribution in [3.63, 3.8) is 0 Å². The van der Waals surface area contributed by atoms with Crippen LogP contribution in [0.1, 0.15) is 46.5 Å². The van der Waals surface area contributed by atoms with E-state index in [1.54, 1.807) is 6.07 Å². The fourth-order valence-electron chi connectivity index (χ4n) is 3.78. The smallest absolute Gasteiger partial charge is 0.407 e. The summed E-state index contributed by atoms with van der Waals surface area (Å²) in [5.74, 6) is 0.772. The van der Waals surface area contributed by atoms with Crippen molar-refractivity contribution >= 4 is 17.6 Å². The molecule has 3 heterocycles. The summed E-state index contributed by atoms with van der Waals surface area (Å²) in [6.45, 7) is 5.54. The number of rotatable bonds is 3. The fourth-order valence-corrected chi connectivity index (χ4v) is 3.78. The van der Waals surface area contributed by atoms with E-state index in [4.69, 9.17) is 4.74 Å². The standard InChI is InChI=1S/C17H24N4O4/c1-17(2,3)25-16(22)19-11-8-12-4-5-13(9-11)20(12)15-7-6-14(10-18-15)21(23)24/h6-7,10-13H,4-5,8-9H2,1-3H3,(H,19,22). The zero-order chi connectivity index (χ0) is 18.2. The van der Waals surface area contributed by atoms with Crippen molar-refractivity contribution in [1.82, 2.24) is 10.3 Å². The van der Waals surface area contributed by atoms with E-state index in [-0.39, 0.29) is 29.9 Å². The van der Waals surface area contributed by atoms with Crippen molar-refractivity contribution in [3.8, 4) is 0 Å². The van der Waals surface area contributed by atoms with Gasteiger partial charge in [-0.15, -0.1) is 0 Å². The van der Waals surface area contributed by atoms with E-state index in [0.29, 0.717) is 0 Å². The molecule has 0 saturated carbocycles. The molecule has 2 atom stereocenters. The molecule has 2 aliphatic rings. The molecule has 136 valence electrons. The first kappa shape index (κ1) is 17.4. The number of carbonyl (C=O) groups is 1. The quantitative estimate of drug-likeness (QED) is 0.666. The maximum absolute atomic E-state index is 12.0. The van der Waals surface area contributed by atoms with Gasteiger partial charge in [0.15, 0.2) is 0 Å². The van der Waals surface area contributed by atoms with Gasteiger partial charge in [0.05, 0.1) is 4.92 Å². The van der Waals surface area contributed by atoms with Gasteiger partial charge in [-0.3, -0.25) is 10.1 Å². The molecule has 8 heteroatoms. The lowest BCUT2D eigenvalue weighted by Gasteiger charge is -2.40. The van der Waals surface area contributed by atoms with Crippen LogP contribution in [0.15, 0.2) is 18.3 Å². The van der Waals surface area contributed by atoms with Crippen LogP contribution in [0.3, 0.4) is 0 Å². The van der Waals surface area contributed by atoms with E-state index >= 15 is 0 Å². The second-order valence-electron chi connectivity index (χ2n) is 7.74. The maximum atomic E-state index is 12.0. The lowest BCUT2D eigenvalue weighted by atomic mass is 9.97. The summed E-state index contributed by atoms with van der Waals surface area (Å²) in [6, 6.07) is 3.86. The number of aromatic nitrogens is 1. The third-order valence-corrected chi connectivity index (χ3v) is 4.66. The Morgan fingerprint density at radius 2 is 1.96 bits per heavy atom. The number of nitro groups is 1. The number of hydrogen-bond acceptors (Lipinski definition) is 6. The topological polar surface area (TPSA) is 97.6 Å². The highest BCUT2D eigenvalue weighted by Gasteiger charge is 2.42. The van der Waals surface area contributed by atoms with Crippen LogP contribution in [0.4, 0.5) is 16.3 Å². The van der Waals surface area contributed by atoms with Crippen LogP contribution < -0.4 is 10.2 Å². The predicted molar refractivity (Wildman–Crippen MR) is 92.6 cm³/mol. The van der Waals surface area contributed by atoms with E-state index in [1.165, 1.54) is 12.3 Å². The van der Waals surface area contributed by atoms with Gasteiger partial charge in [-0.25, -0.2) is 9.78 Å². The van der Waals surface area contributed by atoms with Crippen molar-refractivity contribution < 1.29 is 14.5 Å². The molecular weight excluding hydrogens is 324 g/mol. The zero-order valence-electron chi connectivity index (χ0n) is 14.8. The van der Waals surface area contributed by atoms with Gasteiger partial charge in [0.1, 0.15) is 17.6 Å². The Morgan fingerprint density at radius 3 is 2.44 bits per heavy atom. The molecule has 1 aromatic heterocycles. The summed E-state index contributed by atoms with van der Waals surface area (Å²) in [5, 5.41) is 13.7. The predicted octanol–water partition coefficient (Wildman–Crippen LogP) is 3.01. The van der Waals surface area contributed by atoms with E-state index < -0.39 is 10.5 Å². The first-order valence-electron chi connectivity index (χ1n) is 8.61. The fraction of sp³-hybridized carbons (Fsp3) is 0.647. The highest BCUT2D eigenvalue weighted by molar-refractivity contribution is 5.68. The Kier molecular flexibility index (Phi) is 4.53. The number of amides is 1. The van der Waals surface area contributed by atoms with Crippen LogP contribution in [-0.4, -0.2) is 39.7 Å². The number of nitrogens with zero attached hydrogens (tertiary/aromatic N) is 3. The van der Waals surface area contributed by atoms with Crippen LogP contribution in [0.5, 0.6) is 0 Å². The molecular formula is C17H24N4O4. The molecule has 0 radical (unpaired) electrons. The third kappa shape index (κ3) is 4.00. The molecule has 3 rings (SSSR count). The number of hydrogen-bond donors (Lipinski definition) is 1. The van der Waals surface area contributed by atoms with Gasteiger partial charge in [0.25, 0.3) is 5.69 Å². The first-order chi connectivity index (χ1) is 11.7. The number of pyridine rings is 1. The van der Waals surface area contributed by atoms with E-state index in [0.717, 1.165) is 31.5 Å². The SMILES string of the molecule is CC(C)(C)OC(=O)NC1CC2CCC(C1)N2c1ccc([N+](=O)[O-])cn1. The molecule has 0 aliphatic carbocycles. The monoisotopic (exact) mass is 348 g/mol. The number of nitrogens with one attached hydrogen (secondary N) is 1. The summed E-state index contributed by atoms with van der Waals surface area (Å²) in [7, 11) is 0. The van der Waals surface area contributed by atoms with Crippen molar-refractivity contribution in [2.75, 3.05) is 4.90 Å². The van der Waals surface area contributed by atoms with Crippen LogP contribution in [0.2, 0.25) is 0 Å². The molecule has 0 spiro atoms. The van der Waals surface area contributed by atoms with Gasteiger partial charge in [0, 0.05) is 24.2 Å². The normalized spacial score (nSPS) is 25.6. The van der Waals surface area contributed by atoms with Gasteiger partial charge >= 0.3 is 6.09 Å². The Morgan fingerprint density at radius 1 is 1.32 bits per heavy atom. The van der Waals surface area contributed by atoms with Crippen LogP contribution in [0, 0.1) is 10.1 Å². The van der Waals surface area contributed by atoms with Gasteiger partial charge in [-0.05, 0) is 52.5 Å². The number of alkyl carbamates (subject to hydrolysis) is 1. The molecule has 2 unspecified atom stereocenters. The average molecular weight is 348 g/mol. The second kappa shape index (κ2) is 6.50. The van der Waals surface area contributed by atoms with Gasteiger partial charge in [-0.1, -0.05) is 0 Å². The highest BCUT2D eigenvalue weighted by Crippen LogP contribution is 2.38. The third-order valence-electron chi connectivity index (χ3n) is 4.66. The first-order valence-corrected chi connectivity index (χ1v) is 8.61. The summed E-state index contributed by atoms with van der Waals surface area (Å²) in [4.78, 5) is 28.8. The molecule has 1 amide bonds. The van der Waals surface area contributed by atoms with E-state index in [9.17, 15) is 14.9 Å². The number of piperidine rings is 1. The van der Waals surface area contributed by atoms with Crippen molar-refractivity contribution in [2.24, 2.45) is 0 Å². The lowest BCUT2D eigenvalue weighted by molar-refractivity contribution is -0.385. The highest BCUT2D eigenvalue weighted by atomic mass is 16.6. The van der Waals surface area contributed by atoms with Crippen LogP contribution in [-0.2, 0) is 4.74 Å². The van der Waals surface area contributed by atoms with E-state index in [2.05, 4.69) is 15.2 Å². The van der Waals surface area contributed by atoms with Crippen molar-refractivity contribution in [2.45, 2.75) is 70.2 Å². The molecule has 2 bridgehead atoms. The average Bonchev–Trinajstić information content (AvgIpc) is 2.76. The summed E-state index contributed by atoms with van der Waals surface area (Å²) in [5.41, 5.74) is -0.510. The number of fused-ring (bicyclic) bond motifs is 2. The van der Waals surface area contributed by atoms with Gasteiger partial charge in [0.2, 0.25) is 0 Å². The number of anilines is 1. The summed E-state index contributed by atoms with van der Waals surface area (Å²) < 4.78 is 5.34. The van der Waals surface area contributed by atoms with Gasteiger partial charge in [-0.2, -0.15) is 0 Å². The Hall–Kier alpha value is -2.38. The largest absolute Gasteiger partial charge is 0.444 e. The molecule has 0 aromatic carbocycles. The molecule has 2 fully saturated rings. The molecule has 2 saturated heterocycles. The summed E-state index contributed by atoms with van der Waals surface area (Å²) >= 11 is 0. The lowest BCUT2D eigenvalue weighted by Crippen LogP contribution is -2.51. The van der Waals surface area contributed by atoms with E-state index in [1.807, 2.05) is 20.8 Å². The molecule has 25 heavy (non-hydrogen) atoms. The maximum Gasteiger partial charge on any atom is 0.407 e. The Balaban J connectivity index is 1.64. The molecule has 1 aromatic rings. The summed E-state index contributed by atoms with van der Waals surface area (Å²) in [6.07, 6.45) is 4.66. The van der Waals surface area contributed by atoms with Gasteiger partial charge < -0.3 is 15.0 Å². The minimum Gasteiger partial charge on any atom is -0.444 e. The molecule has 2 aliphatic heterocycles. The molecule has 8 nitrogen and oxygen atoms in total. The van der Waals surface area contributed by atoms with Crippen molar-refractivity contribution in [3.05, 3.63) is 28.4 Å².